The Morgan fingerprint density at radius 2 is 2.05 bits per heavy atom. The van der Waals surface area contributed by atoms with Crippen molar-refractivity contribution in [1.29, 1.82) is 0 Å². The largest absolute Gasteiger partial charge is 0.497 e. The minimum absolute atomic E-state index is 0.212. The van der Waals surface area contributed by atoms with Crippen molar-refractivity contribution >= 4 is 27.8 Å². The van der Waals surface area contributed by atoms with Crippen molar-refractivity contribution in [2.45, 2.75) is 12.8 Å². The van der Waals surface area contributed by atoms with Crippen LogP contribution in [0.15, 0.2) is 22.7 Å². The third kappa shape index (κ3) is 4.90. The van der Waals surface area contributed by atoms with Gasteiger partial charge in [0.1, 0.15) is 5.75 Å². The average Bonchev–Trinajstić information content (AvgIpc) is 2.43. The van der Waals surface area contributed by atoms with Crippen molar-refractivity contribution < 1.29 is 19.1 Å². The summed E-state index contributed by atoms with van der Waals surface area (Å²) in [6.07, 6.45) is 0.829. The minimum atomic E-state index is -0.281. The highest BCUT2D eigenvalue weighted by molar-refractivity contribution is 9.10. The lowest BCUT2D eigenvalue weighted by molar-refractivity contribution is -0.140. The van der Waals surface area contributed by atoms with Crippen LogP contribution in [0.4, 0.5) is 0 Å². The van der Waals surface area contributed by atoms with Gasteiger partial charge in [0.15, 0.2) is 0 Å². The fourth-order valence-electron chi connectivity index (χ4n) is 1.44. The fourth-order valence-corrected chi connectivity index (χ4v) is 1.86. The summed E-state index contributed by atoms with van der Waals surface area (Å²) >= 11 is 3.31. The molecule has 0 aromatic heterocycles. The molecule has 0 radical (unpaired) electrons. The Balaban J connectivity index is 2.51. The number of hydrogen-bond donors (Lipinski definition) is 1. The lowest BCUT2D eigenvalue weighted by Crippen LogP contribution is -2.25. The third-order valence-corrected chi connectivity index (χ3v) is 3.18. The molecule has 0 aliphatic carbocycles. The summed E-state index contributed by atoms with van der Waals surface area (Å²) in [5.74, 6) is 0.121. The Kier molecular flexibility index (Phi) is 6.35. The second kappa shape index (κ2) is 7.78. The number of benzene rings is 1. The van der Waals surface area contributed by atoms with Crippen LogP contribution in [0.5, 0.6) is 5.75 Å². The van der Waals surface area contributed by atoms with E-state index in [9.17, 15) is 9.59 Å². The number of hydrogen-bond acceptors (Lipinski definition) is 4. The molecule has 0 spiro atoms. The smallest absolute Gasteiger partial charge is 0.305 e. The number of carbonyl (C=O) groups excluding carboxylic acids is 2. The predicted molar refractivity (Wildman–Crippen MR) is 74.3 cm³/mol. The number of rotatable bonds is 6. The standard InChI is InChI=1S/C13H16BrNO4/c1-18-9-5-6-11(14)10(8-9)13(17)15-7-3-4-12(16)19-2/h5-6,8H,3-4,7H2,1-2H3,(H,15,17). The van der Waals surface area contributed by atoms with Crippen molar-refractivity contribution in [3.63, 3.8) is 0 Å². The molecule has 0 atom stereocenters. The van der Waals surface area contributed by atoms with E-state index >= 15 is 0 Å². The SMILES string of the molecule is COC(=O)CCCNC(=O)c1cc(OC)ccc1Br. The van der Waals surface area contributed by atoms with Crippen molar-refractivity contribution in [2.24, 2.45) is 0 Å². The summed E-state index contributed by atoms with van der Waals surface area (Å²) in [5, 5.41) is 2.74. The molecule has 0 aliphatic rings. The minimum Gasteiger partial charge on any atom is -0.497 e. The highest BCUT2D eigenvalue weighted by Gasteiger charge is 2.11. The Morgan fingerprint density at radius 1 is 1.32 bits per heavy atom. The maximum absolute atomic E-state index is 11.9. The zero-order valence-electron chi connectivity index (χ0n) is 10.9. The Bertz CT molecular complexity index is 462. The van der Waals surface area contributed by atoms with Crippen molar-refractivity contribution in [2.75, 3.05) is 20.8 Å². The molecule has 1 N–H and O–H groups in total. The summed E-state index contributed by atoms with van der Waals surface area (Å²) in [6, 6.07) is 5.17. The summed E-state index contributed by atoms with van der Waals surface area (Å²) in [7, 11) is 2.88. The van der Waals surface area contributed by atoms with Gasteiger partial charge in [0.05, 0.1) is 19.8 Å². The molecule has 1 aromatic carbocycles. The van der Waals surface area contributed by atoms with Crippen LogP contribution in [-0.2, 0) is 9.53 Å². The van der Waals surface area contributed by atoms with E-state index in [-0.39, 0.29) is 18.3 Å². The van der Waals surface area contributed by atoms with Crippen LogP contribution in [0.1, 0.15) is 23.2 Å². The molecular weight excluding hydrogens is 314 g/mol. The van der Waals surface area contributed by atoms with Crippen LogP contribution in [0, 0.1) is 0 Å². The molecule has 1 rings (SSSR count). The van der Waals surface area contributed by atoms with Gasteiger partial charge >= 0.3 is 5.97 Å². The topological polar surface area (TPSA) is 64.6 Å². The van der Waals surface area contributed by atoms with Crippen molar-refractivity contribution in [3.8, 4) is 5.75 Å². The van der Waals surface area contributed by atoms with Gasteiger partial charge in [-0.3, -0.25) is 9.59 Å². The van der Waals surface area contributed by atoms with E-state index in [4.69, 9.17) is 4.74 Å². The number of carbonyl (C=O) groups is 2. The number of methoxy groups -OCH3 is 2. The lowest BCUT2D eigenvalue weighted by atomic mass is 10.2. The summed E-state index contributed by atoms with van der Waals surface area (Å²) < 4.78 is 10.3. The Labute approximate surface area is 120 Å². The van der Waals surface area contributed by atoms with E-state index in [0.29, 0.717) is 28.8 Å². The molecule has 1 amide bonds. The van der Waals surface area contributed by atoms with E-state index < -0.39 is 0 Å². The van der Waals surface area contributed by atoms with Gasteiger partial charge in [0, 0.05) is 17.4 Å². The maximum Gasteiger partial charge on any atom is 0.305 e. The molecule has 0 saturated heterocycles. The molecule has 19 heavy (non-hydrogen) atoms. The molecule has 0 aliphatic heterocycles. The monoisotopic (exact) mass is 329 g/mol. The van der Waals surface area contributed by atoms with Crippen LogP contribution in [0.25, 0.3) is 0 Å². The van der Waals surface area contributed by atoms with Gasteiger partial charge in [-0.2, -0.15) is 0 Å². The molecule has 6 heteroatoms. The molecule has 0 bridgehead atoms. The van der Waals surface area contributed by atoms with Crippen molar-refractivity contribution in [3.05, 3.63) is 28.2 Å². The van der Waals surface area contributed by atoms with Crippen LogP contribution >= 0.6 is 15.9 Å². The van der Waals surface area contributed by atoms with E-state index in [0.717, 1.165) is 0 Å². The maximum atomic E-state index is 11.9. The van der Waals surface area contributed by atoms with Gasteiger partial charge in [-0.1, -0.05) is 0 Å². The zero-order valence-corrected chi connectivity index (χ0v) is 12.5. The van der Waals surface area contributed by atoms with E-state index in [1.807, 2.05) is 0 Å². The van der Waals surface area contributed by atoms with Crippen LogP contribution < -0.4 is 10.1 Å². The van der Waals surface area contributed by atoms with Crippen molar-refractivity contribution in [1.82, 2.24) is 5.32 Å². The highest BCUT2D eigenvalue weighted by atomic mass is 79.9. The molecule has 0 heterocycles. The first-order valence-electron chi connectivity index (χ1n) is 5.77. The molecular formula is C13H16BrNO4. The molecule has 104 valence electrons. The van der Waals surface area contributed by atoms with Gasteiger partial charge in [0.2, 0.25) is 0 Å². The molecule has 0 saturated carbocycles. The Hall–Kier alpha value is -1.56. The molecule has 0 fully saturated rings. The van der Waals surface area contributed by atoms with E-state index in [1.165, 1.54) is 7.11 Å². The number of nitrogens with one attached hydrogen (secondary N) is 1. The lowest BCUT2D eigenvalue weighted by Gasteiger charge is -2.08. The highest BCUT2D eigenvalue weighted by Crippen LogP contribution is 2.22. The normalized spacial score (nSPS) is 9.84. The predicted octanol–water partition coefficient (Wildman–Crippen LogP) is 2.14. The van der Waals surface area contributed by atoms with Crippen LogP contribution in [-0.4, -0.2) is 32.6 Å². The number of halogens is 1. The summed E-state index contributed by atoms with van der Waals surface area (Å²) in [4.78, 5) is 22.8. The fraction of sp³-hybridized carbons (Fsp3) is 0.385. The zero-order chi connectivity index (χ0) is 14.3. The third-order valence-electron chi connectivity index (χ3n) is 2.49. The molecule has 5 nitrogen and oxygen atoms in total. The van der Waals surface area contributed by atoms with Gasteiger partial charge in [-0.25, -0.2) is 0 Å². The van der Waals surface area contributed by atoms with Crippen LogP contribution in [0.2, 0.25) is 0 Å². The van der Waals surface area contributed by atoms with Gasteiger partial charge in [0.25, 0.3) is 5.91 Å². The van der Waals surface area contributed by atoms with Gasteiger partial charge in [-0.05, 0) is 40.5 Å². The van der Waals surface area contributed by atoms with E-state index in [2.05, 4.69) is 26.0 Å². The van der Waals surface area contributed by atoms with Crippen LogP contribution in [0.3, 0.4) is 0 Å². The van der Waals surface area contributed by atoms with E-state index in [1.54, 1.807) is 25.3 Å². The molecule has 0 unspecified atom stereocenters. The molecule has 1 aromatic rings. The number of esters is 1. The van der Waals surface area contributed by atoms with Gasteiger partial charge in [-0.15, -0.1) is 0 Å². The number of amides is 1. The first-order valence-corrected chi connectivity index (χ1v) is 6.56. The Morgan fingerprint density at radius 3 is 2.68 bits per heavy atom. The quantitative estimate of drug-likeness (QED) is 0.641. The first kappa shape index (κ1) is 15.5. The second-order valence-corrected chi connectivity index (χ2v) is 4.64. The second-order valence-electron chi connectivity index (χ2n) is 3.78. The number of ether oxygens (including phenoxy) is 2. The van der Waals surface area contributed by atoms with Gasteiger partial charge < -0.3 is 14.8 Å². The summed E-state index contributed by atoms with van der Waals surface area (Å²) in [5.41, 5.74) is 0.498. The summed E-state index contributed by atoms with van der Waals surface area (Å²) in [6.45, 7) is 0.414. The first-order chi connectivity index (χ1) is 9.08. The average molecular weight is 330 g/mol.